The Bertz CT molecular complexity index is 508. The molecule has 110 valence electrons. The van der Waals surface area contributed by atoms with Gasteiger partial charge in [-0.15, -0.1) is 0 Å². The maximum Gasteiger partial charge on any atom is 0.285 e. The molecule has 1 rings (SSSR count). The van der Waals surface area contributed by atoms with Crippen LogP contribution in [0.3, 0.4) is 0 Å². The van der Waals surface area contributed by atoms with Gasteiger partial charge in [0.2, 0.25) is 0 Å². The summed E-state index contributed by atoms with van der Waals surface area (Å²) in [5, 5.41) is 15.1. The number of nitro groups is 1. The van der Waals surface area contributed by atoms with Gasteiger partial charge in [-0.3, -0.25) is 14.9 Å². The summed E-state index contributed by atoms with van der Waals surface area (Å²) in [7, 11) is 0. The van der Waals surface area contributed by atoms with Gasteiger partial charge in [0.25, 0.3) is 11.6 Å². The molecule has 0 aliphatic rings. The summed E-state index contributed by atoms with van der Waals surface area (Å²) < 4.78 is 0. The van der Waals surface area contributed by atoms with E-state index < -0.39 is 16.4 Å². The van der Waals surface area contributed by atoms with Crippen molar-refractivity contribution < 1.29 is 9.72 Å². The van der Waals surface area contributed by atoms with Gasteiger partial charge in [-0.2, -0.15) is 0 Å². The second-order valence-corrected chi connectivity index (χ2v) is 5.70. The molecule has 1 aromatic carbocycles. The van der Waals surface area contributed by atoms with E-state index in [1.54, 1.807) is 19.1 Å². The molecule has 0 radical (unpaired) electrons. The predicted octanol–water partition coefficient (Wildman–Crippen LogP) is 3.57. The van der Waals surface area contributed by atoms with Crippen molar-refractivity contribution in [3.63, 3.8) is 0 Å². The highest BCUT2D eigenvalue weighted by Gasteiger charge is 2.31. The first kappa shape index (κ1) is 17.1. The molecule has 0 aliphatic carbocycles. The molecule has 0 aromatic heterocycles. The highest BCUT2D eigenvalue weighted by atomic mass is 79.9. The normalized spacial score (nSPS) is 11.2. The lowest BCUT2D eigenvalue weighted by Crippen LogP contribution is -2.51. The largest absolute Gasteiger partial charge is 0.345 e. The Hall–Kier alpha value is -0.950. The molecule has 7 heteroatoms. The second-order valence-electron chi connectivity index (χ2n) is 4.58. The summed E-state index contributed by atoms with van der Waals surface area (Å²) in [5.41, 5.74) is -0.0365. The number of nitrogens with zero attached hydrogens (tertiary/aromatic N) is 1. The first-order valence-electron chi connectivity index (χ1n) is 6.09. The van der Waals surface area contributed by atoms with Crippen molar-refractivity contribution >= 4 is 43.5 Å². The molecule has 0 aliphatic heterocycles. The van der Waals surface area contributed by atoms with Crippen molar-refractivity contribution in [1.82, 2.24) is 5.32 Å². The van der Waals surface area contributed by atoms with E-state index in [1.807, 2.05) is 6.92 Å². The Kier molecular flexibility index (Phi) is 6.13. The summed E-state index contributed by atoms with van der Waals surface area (Å²) in [4.78, 5) is 23.0. The van der Waals surface area contributed by atoms with Crippen LogP contribution in [-0.2, 0) is 0 Å². The second kappa shape index (κ2) is 7.17. The highest BCUT2D eigenvalue weighted by molar-refractivity contribution is 9.09. The van der Waals surface area contributed by atoms with Gasteiger partial charge in [0, 0.05) is 16.2 Å². The van der Waals surface area contributed by atoms with Crippen LogP contribution in [0.15, 0.2) is 18.2 Å². The molecular formula is C13H16Br2N2O3. The van der Waals surface area contributed by atoms with Crippen LogP contribution >= 0.6 is 31.9 Å². The molecule has 0 spiro atoms. The number of hydrogen-bond donors (Lipinski definition) is 1. The van der Waals surface area contributed by atoms with Crippen LogP contribution < -0.4 is 5.32 Å². The minimum absolute atomic E-state index is 0.0923. The van der Waals surface area contributed by atoms with Crippen LogP contribution in [0, 0.1) is 17.0 Å². The number of aryl methyl sites for hydroxylation is 1. The Morgan fingerprint density at radius 2 is 2.00 bits per heavy atom. The zero-order chi connectivity index (χ0) is 15.3. The average Bonchev–Trinajstić information content (AvgIpc) is 2.44. The number of amides is 1. The van der Waals surface area contributed by atoms with Crippen LogP contribution in [0.25, 0.3) is 0 Å². The van der Waals surface area contributed by atoms with Crippen molar-refractivity contribution in [2.75, 3.05) is 10.7 Å². The van der Waals surface area contributed by atoms with E-state index in [-0.39, 0.29) is 11.3 Å². The molecule has 1 aromatic rings. The Morgan fingerprint density at radius 1 is 1.40 bits per heavy atom. The van der Waals surface area contributed by atoms with E-state index in [0.29, 0.717) is 22.6 Å². The SMILES string of the molecule is CCC(CBr)(CBr)NC(=O)c1cccc(C)c1[N+](=O)[O-]. The zero-order valence-corrected chi connectivity index (χ0v) is 14.5. The number of hydrogen-bond acceptors (Lipinski definition) is 3. The van der Waals surface area contributed by atoms with Gasteiger partial charge in [-0.25, -0.2) is 0 Å². The van der Waals surface area contributed by atoms with Gasteiger partial charge in [-0.05, 0) is 19.4 Å². The van der Waals surface area contributed by atoms with Crippen LogP contribution in [0.5, 0.6) is 0 Å². The van der Waals surface area contributed by atoms with Crippen molar-refractivity contribution in [2.45, 2.75) is 25.8 Å². The third-order valence-electron chi connectivity index (χ3n) is 3.23. The van der Waals surface area contributed by atoms with E-state index in [9.17, 15) is 14.9 Å². The van der Waals surface area contributed by atoms with Crippen molar-refractivity contribution in [3.8, 4) is 0 Å². The van der Waals surface area contributed by atoms with Crippen LogP contribution in [0.2, 0.25) is 0 Å². The quantitative estimate of drug-likeness (QED) is 0.445. The number of para-hydroxylation sites is 1. The predicted molar refractivity (Wildman–Crippen MR) is 85.9 cm³/mol. The van der Waals surface area contributed by atoms with Crippen LogP contribution in [-0.4, -0.2) is 27.0 Å². The number of halogens is 2. The van der Waals surface area contributed by atoms with Gasteiger partial charge in [-0.1, -0.05) is 50.9 Å². The molecular weight excluding hydrogens is 392 g/mol. The summed E-state index contributed by atoms with van der Waals surface area (Å²) in [5.74, 6) is -0.429. The zero-order valence-electron chi connectivity index (χ0n) is 11.3. The fourth-order valence-electron chi connectivity index (χ4n) is 1.77. The molecule has 0 bridgehead atoms. The number of carbonyl (C=O) groups excluding carboxylic acids is 1. The number of rotatable bonds is 6. The van der Waals surface area contributed by atoms with Gasteiger partial charge < -0.3 is 5.32 Å². The minimum atomic E-state index is -0.514. The molecule has 0 unspecified atom stereocenters. The highest BCUT2D eigenvalue weighted by Crippen LogP contribution is 2.25. The Labute approximate surface area is 134 Å². The first-order chi connectivity index (χ1) is 9.40. The Morgan fingerprint density at radius 3 is 2.45 bits per heavy atom. The van der Waals surface area contributed by atoms with E-state index >= 15 is 0 Å². The number of nitro benzene ring substituents is 1. The van der Waals surface area contributed by atoms with E-state index in [0.717, 1.165) is 0 Å². The Balaban J connectivity index is 3.16. The maximum atomic E-state index is 12.4. The van der Waals surface area contributed by atoms with Crippen molar-refractivity contribution in [2.24, 2.45) is 0 Å². The fraction of sp³-hybridized carbons (Fsp3) is 0.462. The van der Waals surface area contributed by atoms with Crippen molar-refractivity contribution in [1.29, 1.82) is 0 Å². The lowest BCUT2D eigenvalue weighted by atomic mass is 10.00. The maximum absolute atomic E-state index is 12.4. The summed E-state index contributed by atoms with van der Waals surface area (Å²) in [6.07, 6.45) is 0.703. The number of nitrogens with one attached hydrogen (secondary N) is 1. The molecule has 0 heterocycles. The molecule has 1 amide bonds. The average molecular weight is 408 g/mol. The fourth-order valence-corrected chi connectivity index (χ4v) is 3.77. The van der Waals surface area contributed by atoms with Gasteiger partial charge in [0.1, 0.15) is 5.56 Å². The monoisotopic (exact) mass is 406 g/mol. The molecule has 0 saturated heterocycles. The van der Waals surface area contributed by atoms with Crippen molar-refractivity contribution in [3.05, 3.63) is 39.4 Å². The first-order valence-corrected chi connectivity index (χ1v) is 8.33. The molecule has 0 saturated carbocycles. The topological polar surface area (TPSA) is 72.2 Å². The molecule has 0 fully saturated rings. The van der Waals surface area contributed by atoms with Gasteiger partial charge >= 0.3 is 0 Å². The van der Waals surface area contributed by atoms with Gasteiger partial charge in [0.15, 0.2) is 0 Å². The lowest BCUT2D eigenvalue weighted by Gasteiger charge is -2.30. The lowest BCUT2D eigenvalue weighted by molar-refractivity contribution is -0.385. The molecule has 1 N–H and O–H groups in total. The van der Waals surface area contributed by atoms with E-state index in [4.69, 9.17) is 0 Å². The minimum Gasteiger partial charge on any atom is -0.345 e. The third-order valence-corrected chi connectivity index (χ3v) is 5.38. The summed E-state index contributed by atoms with van der Waals surface area (Å²) in [6, 6.07) is 4.74. The van der Waals surface area contributed by atoms with Crippen LogP contribution in [0.1, 0.15) is 29.3 Å². The third kappa shape index (κ3) is 3.58. The van der Waals surface area contributed by atoms with Gasteiger partial charge in [0.05, 0.1) is 10.5 Å². The summed E-state index contributed by atoms with van der Waals surface area (Å²) >= 11 is 6.76. The van der Waals surface area contributed by atoms with E-state index in [2.05, 4.69) is 37.2 Å². The smallest absolute Gasteiger partial charge is 0.285 e. The number of benzene rings is 1. The molecule has 5 nitrogen and oxygen atoms in total. The number of alkyl halides is 2. The van der Waals surface area contributed by atoms with E-state index in [1.165, 1.54) is 6.07 Å². The molecule has 20 heavy (non-hydrogen) atoms. The van der Waals surface area contributed by atoms with Crippen LogP contribution in [0.4, 0.5) is 5.69 Å². The molecule has 0 atom stereocenters. The standard InChI is InChI=1S/C13H16Br2N2O3/c1-3-13(7-14,8-15)16-12(18)10-6-4-5-9(2)11(10)17(19)20/h4-6H,3,7-8H2,1-2H3,(H,16,18). The summed E-state index contributed by atoms with van der Waals surface area (Å²) in [6.45, 7) is 3.57. The number of carbonyl (C=O) groups is 1.